The van der Waals surface area contributed by atoms with Gasteiger partial charge >= 0.3 is 7.82 Å². The van der Waals surface area contributed by atoms with Crippen LogP contribution in [0.4, 0.5) is 0 Å². The predicted molar refractivity (Wildman–Crippen MR) is 243 cm³/mol. The molecule has 0 aromatic rings. The second-order valence-corrected chi connectivity index (χ2v) is 19.3. The first-order chi connectivity index (χ1) is 29.3. The van der Waals surface area contributed by atoms with Crippen molar-refractivity contribution in [1.82, 2.24) is 5.32 Å². The van der Waals surface area contributed by atoms with Crippen LogP contribution in [-0.4, -0.2) is 108 Å². The lowest BCUT2D eigenvalue weighted by Gasteiger charge is -2.41. The second kappa shape index (κ2) is 37.3. The Kier molecular flexibility index (Phi) is 35.5. The first-order valence-corrected chi connectivity index (χ1v) is 26.2. The van der Waals surface area contributed by atoms with Gasteiger partial charge in [-0.3, -0.25) is 13.8 Å². The van der Waals surface area contributed by atoms with Crippen LogP contribution in [0.2, 0.25) is 0 Å². The van der Waals surface area contributed by atoms with Crippen LogP contribution in [0.1, 0.15) is 219 Å². The highest BCUT2D eigenvalue weighted by Gasteiger charge is 2.51. The first-order valence-electron chi connectivity index (χ1n) is 24.7. The average molecular weight is 894 g/mol. The highest BCUT2D eigenvalue weighted by atomic mass is 31.2. The lowest BCUT2D eigenvalue weighted by molar-refractivity contribution is -0.220. The van der Waals surface area contributed by atoms with Gasteiger partial charge in [0.1, 0.15) is 36.6 Å². The van der Waals surface area contributed by atoms with E-state index in [4.69, 9.17) is 9.05 Å². The number of hydrogen-bond donors (Lipinski definition) is 9. The molecule has 8 atom stereocenters. The van der Waals surface area contributed by atoms with E-state index in [0.29, 0.717) is 12.8 Å². The minimum Gasteiger partial charge on any atom is -0.393 e. The highest BCUT2D eigenvalue weighted by molar-refractivity contribution is 7.47. The Bertz CT molecular complexity index is 1100. The third kappa shape index (κ3) is 29.2. The maximum Gasteiger partial charge on any atom is 0.472 e. The van der Waals surface area contributed by atoms with Crippen LogP contribution >= 0.6 is 7.82 Å². The van der Waals surface area contributed by atoms with Crippen molar-refractivity contribution >= 4 is 13.7 Å². The van der Waals surface area contributed by atoms with Gasteiger partial charge in [0, 0.05) is 0 Å². The van der Waals surface area contributed by atoms with Crippen LogP contribution in [0.25, 0.3) is 0 Å². The SMILES string of the molecule is CCCCCCCCCCCC/C=C\CCCCCCCC(O)CC(=O)NC(COP(=O)(O)OC1C(O)C(O)C(O)C(O)C1O)C(O)CCCCCCCCCCCCCC. The Morgan fingerprint density at radius 3 is 1.34 bits per heavy atom. The molecule has 1 saturated carbocycles. The minimum atomic E-state index is -5.11. The molecule has 1 aliphatic rings. The molecule has 0 aliphatic heterocycles. The van der Waals surface area contributed by atoms with Gasteiger partial charge in [-0.1, -0.05) is 187 Å². The Labute approximate surface area is 370 Å². The molecule has 61 heavy (non-hydrogen) atoms. The number of hydrogen-bond acceptors (Lipinski definition) is 11. The molecule has 0 spiro atoms. The zero-order valence-corrected chi connectivity index (χ0v) is 39.2. The molecule has 0 radical (unpaired) electrons. The summed E-state index contributed by atoms with van der Waals surface area (Å²) in [5.41, 5.74) is 0. The smallest absolute Gasteiger partial charge is 0.393 e. The van der Waals surface area contributed by atoms with Crippen molar-refractivity contribution < 1.29 is 59.0 Å². The number of phosphoric acid groups is 1. The summed E-state index contributed by atoms with van der Waals surface area (Å²) in [5.74, 6) is -0.563. The van der Waals surface area contributed by atoms with Crippen LogP contribution in [0.15, 0.2) is 12.2 Å². The van der Waals surface area contributed by atoms with Gasteiger partial charge in [-0.25, -0.2) is 4.57 Å². The molecule has 0 heterocycles. The van der Waals surface area contributed by atoms with Gasteiger partial charge in [0.25, 0.3) is 0 Å². The number of amides is 1. The van der Waals surface area contributed by atoms with E-state index in [9.17, 15) is 50.0 Å². The first kappa shape index (κ1) is 58.1. The predicted octanol–water partition coefficient (Wildman–Crippen LogP) is 8.59. The molecule has 9 N–H and O–H groups in total. The third-order valence-corrected chi connectivity index (χ3v) is 13.1. The molecule has 1 rings (SSSR count). The lowest BCUT2D eigenvalue weighted by Crippen LogP contribution is -2.64. The number of rotatable bonds is 41. The van der Waals surface area contributed by atoms with Gasteiger partial charge in [0.05, 0.1) is 31.3 Å². The molecule has 1 aliphatic carbocycles. The fourth-order valence-electron chi connectivity index (χ4n) is 8.06. The van der Waals surface area contributed by atoms with E-state index >= 15 is 0 Å². The van der Waals surface area contributed by atoms with Crippen LogP contribution in [0.5, 0.6) is 0 Å². The van der Waals surface area contributed by atoms with Gasteiger partial charge in [-0.05, 0) is 38.5 Å². The molecule has 1 fully saturated rings. The van der Waals surface area contributed by atoms with E-state index in [2.05, 4.69) is 31.3 Å². The molecular weight excluding hydrogens is 801 g/mol. The third-order valence-electron chi connectivity index (χ3n) is 12.1. The molecule has 0 bridgehead atoms. The van der Waals surface area contributed by atoms with Gasteiger partial charge in [0.15, 0.2) is 0 Å². The maximum absolute atomic E-state index is 13.0. The maximum atomic E-state index is 13.0. The van der Waals surface area contributed by atoms with Gasteiger partial charge in [0.2, 0.25) is 5.91 Å². The molecule has 13 nitrogen and oxygen atoms in total. The van der Waals surface area contributed by atoms with Gasteiger partial charge < -0.3 is 46.0 Å². The van der Waals surface area contributed by atoms with Gasteiger partial charge in [-0.2, -0.15) is 0 Å². The largest absolute Gasteiger partial charge is 0.472 e. The normalized spacial score (nSPS) is 23.2. The number of unbranched alkanes of at least 4 members (excludes halogenated alkanes) is 26. The number of allylic oxidation sites excluding steroid dienone is 2. The Hall–Kier alpha value is -0.960. The molecule has 0 aromatic carbocycles. The van der Waals surface area contributed by atoms with Crippen molar-refractivity contribution in [2.45, 2.75) is 274 Å². The van der Waals surface area contributed by atoms with Crippen molar-refractivity contribution in [2.75, 3.05) is 6.61 Å². The second-order valence-electron chi connectivity index (χ2n) is 17.9. The number of nitrogens with one attached hydrogen (secondary N) is 1. The van der Waals surface area contributed by atoms with Crippen LogP contribution in [-0.2, 0) is 18.4 Å². The number of phosphoric ester groups is 1. The van der Waals surface area contributed by atoms with Crippen molar-refractivity contribution in [1.29, 1.82) is 0 Å². The molecule has 8 unspecified atom stereocenters. The summed E-state index contributed by atoms with van der Waals surface area (Å²) < 4.78 is 22.9. The summed E-state index contributed by atoms with van der Waals surface area (Å²) in [6.07, 6.45) is 25.5. The van der Waals surface area contributed by atoms with E-state index in [1.54, 1.807) is 0 Å². The van der Waals surface area contributed by atoms with Crippen LogP contribution in [0.3, 0.4) is 0 Å². The Balaban J connectivity index is 2.45. The van der Waals surface area contributed by atoms with Crippen LogP contribution in [0, 0.1) is 0 Å². The average Bonchev–Trinajstić information content (AvgIpc) is 3.23. The Morgan fingerprint density at radius 1 is 0.557 bits per heavy atom. The van der Waals surface area contributed by atoms with Crippen molar-refractivity contribution in [3.05, 3.63) is 12.2 Å². The van der Waals surface area contributed by atoms with Crippen LogP contribution < -0.4 is 5.32 Å². The monoisotopic (exact) mass is 894 g/mol. The summed E-state index contributed by atoms with van der Waals surface area (Å²) >= 11 is 0. The number of aliphatic hydroxyl groups excluding tert-OH is 7. The molecule has 14 heteroatoms. The summed E-state index contributed by atoms with van der Waals surface area (Å²) in [6.45, 7) is 3.79. The minimum absolute atomic E-state index is 0.225. The fraction of sp³-hybridized carbons (Fsp3) is 0.936. The highest BCUT2D eigenvalue weighted by Crippen LogP contribution is 2.47. The number of aliphatic hydroxyl groups is 7. The molecule has 1 amide bonds. The quantitative estimate of drug-likeness (QED) is 0.0160. The van der Waals surface area contributed by atoms with E-state index in [0.717, 1.165) is 70.6 Å². The van der Waals surface area contributed by atoms with E-state index in [1.807, 2.05) is 0 Å². The number of carbonyl (C=O) groups is 1. The standard InChI is InChI=1S/C47H92NO12P/c1-3-5-7-9-11-13-15-17-18-19-20-21-22-23-24-26-28-30-32-34-38(49)36-41(51)48-39(40(50)35-33-31-29-27-25-16-14-12-10-8-6-4-2)37-59-61(57,58)60-47-45(55)43(53)42(52)44(54)46(47)56/h21-22,38-40,42-47,49-50,52-56H,3-20,23-37H2,1-2H3,(H,48,51)(H,57,58)/b22-21-. The summed E-state index contributed by atoms with van der Waals surface area (Å²) in [7, 11) is -5.11. The zero-order chi connectivity index (χ0) is 45.1. The van der Waals surface area contributed by atoms with Crippen molar-refractivity contribution in [2.24, 2.45) is 0 Å². The Morgan fingerprint density at radius 2 is 0.918 bits per heavy atom. The lowest BCUT2D eigenvalue weighted by atomic mass is 9.85. The number of carbonyl (C=O) groups excluding carboxylic acids is 1. The van der Waals surface area contributed by atoms with E-state index in [-0.39, 0.29) is 12.8 Å². The van der Waals surface area contributed by atoms with E-state index < -0.39 is 75.2 Å². The van der Waals surface area contributed by atoms with E-state index in [1.165, 1.54) is 109 Å². The molecule has 0 aromatic heterocycles. The fourth-order valence-corrected chi connectivity index (χ4v) is 9.03. The summed E-state index contributed by atoms with van der Waals surface area (Å²) in [4.78, 5) is 23.5. The van der Waals surface area contributed by atoms with Crippen molar-refractivity contribution in [3.8, 4) is 0 Å². The molecule has 0 saturated heterocycles. The molecule has 362 valence electrons. The van der Waals surface area contributed by atoms with Crippen molar-refractivity contribution in [3.63, 3.8) is 0 Å². The topological polar surface area (TPSA) is 226 Å². The molecular formula is C47H92NO12P. The summed E-state index contributed by atoms with van der Waals surface area (Å²) in [6, 6.07) is -1.15. The summed E-state index contributed by atoms with van der Waals surface area (Å²) in [5, 5.41) is 74.6. The zero-order valence-electron chi connectivity index (χ0n) is 38.3. The van der Waals surface area contributed by atoms with Gasteiger partial charge in [-0.15, -0.1) is 0 Å².